The van der Waals surface area contributed by atoms with Gasteiger partial charge in [-0.15, -0.1) is 0 Å². The van der Waals surface area contributed by atoms with Crippen molar-refractivity contribution in [2.45, 2.75) is 19.4 Å². The number of aromatic nitrogens is 2. The van der Waals surface area contributed by atoms with Crippen LogP contribution in [0.4, 0.5) is 11.8 Å². The maximum atomic E-state index is 7.30. The molecule has 15 heavy (non-hydrogen) atoms. The molecule has 5 nitrogen and oxygen atoms in total. The molecule has 0 aromatic carbocycles. The first-order chi connectivity index (χ1) is 5.95. The Morgan fingerprint density at radius 2 is 1.87 bits per heavy atom. The molecule has 0 aliphatic carbocycles. The minimum atomic E-state index is -0.285. The van der Waals surface area contributed by atoms with Gasteiger partial charge in [0.25, 0.3) is 0 Å². The molecule has 0 aliphatic heterocycles. The molecule has 1 rings (SSSR count). The molecule has 1 aromatic rings. The van der Waals surface area contributed by atoms with Gasteiger partial charge >= 0.3 is 0 Å². The summed E-state index contributed by atoms with van der Waals surface area (Å²) in [5.74, 6) is 0.289. The summed E-state index contributed by atoms with van der Waals surface area (Å²) in [6, 6.07) is 1.68. The van der Waals surface area contributed by atoms with Crippen molar-refractivity contribution in [1.82, 2.24) is 15.3 Å². The van der Waals surface area contributed by atoms with Crippen molar-refractivity contribution in [3.05, 3.63) is 17.5 Å². The summed E-state index contributed by atoms with van der Waals surface area (Å²) in [6.45, 7) is 3.93. The molecule has 4 N–H and O–H groups in total. The largest absolute Gasteiger partial charge is 0.410 e. The number of nitrogens with one attached hydrogen (secondary N) is 2. The third-order valence-corrected chi connectivity index (χ3v) is 2.01. The van der Waals surface area contributed by atoms with Crippen LogP contribution in [-0.2, 0) is 46.4 Å². The molecule has 1 aromatic heterocycles. The molecular formula is C8H14N5Re2-. The van der Waals surface area contributed by atoms with E-state index in [1.807, 2.05) is 20.9 Å². The number of nitrogens with two attached hydrogens (primary N) is 1. The quantitative estimate of drug-likeness (QED) is 0.577. The molecule has 0 bridgehead atoms. The van der Waals surface area contributed by atoms with Crippen LogP contribution in [0.15, 0.2) is 6.07 Å². The number of rotatable bonds is 2. The van der Waals surface area contributed by atoms with Crippen molar-refractivity contribution in [3.63, 3.8) is 0 Å². The monoisotopic (exact) mass is 554 g/mol. The fourth-order valence-electron chi connectivity index (χ4n) is 0.914. The van der Waals surface area contributed by atoms with E-state index in [1.54, 1.807) is 6.07 Å². The average Bonchev–Trinajstić information content (AvgIpc) is 2.02. The van der Waals surface area contributed by atoms with E-state index in [9.17, 15) is 0 Å². The Hall–Kier alpha value is -0.0353. The molecule has 0 amide bonds. The van der Waals surface area contributed by atoms with E-state index in [0.717, 1.165) is 5.69 Å². The zero-order valence-corrected chi connectivity index (χ0v) is 14.2. The van der Waals surface area contributed by atoms with Gasteiger partial charge in [-0.05, 0) is 32.7 Å². The second kappa shape index (κ2) is 6.53. The first-order valence-corrected chi connectivity index (χ1v) is 4.01. The topological polar surface area (TPSA) is 87.6 Å². The third-order valence-electron chi connectivity index (χ3n) is 2.01. The predicted octanol–water partition coefficient (Wildman–Crippen LogP) is 1.19. The number of nitrogens with zero attached hydrogens (tertiary/aromatic N) is 2. The van der Waals surface area contributed by atoms with Gasteiger partial charge < -0.3 is 26.8 Å². The second-order valence-electron chi connectivity index (χ2n) is 3.38. The summed E-state index contributed by atoms with van der Waals surface area (Å²) in [6.07, 6.45) is 0. The molecule has 0 aliphatic rings. The normalized spacial score (nSPS) is 10.1. The first kappa shape index (κ1) is 17.4. The Bertz CT molecular complexity index is 296. The molecule has 0 atom stereocenters. The molecule has 86 valence electrons. The summed E-state index contributed by atoms with van der Waals surface area (Å²) in [7, 11) is 1.84. The molecule has 0 saturated carbocycles. The van der Waals surface area contributed by atoms with Gasteiger partial charge in [-0.2, -0.15) is 0 Å². The van der Waals surface area contributed by atoms with Crippen molar-refractivity contribution in [2.75, 3.05) is 12.8 Å². The molecule has 0 fully saturated rings. The Balaban J connectivity index is 0. The van der Waals surface area contributed by atoms with Crippen LogP contribution in [0, 0.1) is 0 Å². The number of nitrogen functional groups attached to an aromatic ring is 1. The van der Waals surface area contributed by atoms with Crippen LogP contribution in [0.25, 0.3) is 5.73 Å². The van der Waals surface area contributed by atoms with E-state index in [-0.39, 0.29) is 52.3 Å². The van der Waals surface area contributed by atoms with Crippen molar-refractivity contribution in [3.8, 4) is 0 Å². The molecule has 2 radical (unpaired) electrons. The SMILES string of the molecule is CNC(C)(C)c1cc(N)nc([NH-])n1.[Re].[Re]. The van der Waals surface area contributed by atoms with Gasteiger partial charge in [-0.3, -0.25) is 0 Å². The van der Waals surface area contributed by atoms with Gasteiger partial charge in [0.2, 0.25) is 0 Å². The smallest absolute Gasteiger partial charge is 0.0528 e. The number of hydrogen-bond acceptors (Lipinski definition) is 4. The summed E-state index contributed by atoms with van der Waals surface area (Å²) in [4.78, 5) is 7.68. The summed E-state index contributed by atoms with van der Waals surface area (Å²) in [5.41, 5.74) is 13.3. The van der Waals surface area contributed by atoms with E-state index in [2.05, 4.69) is 15.3 Å². The Morgan fingerprint density at radius 3 is 2.27 bits per heavy atom. The zero-order chi connectivity index (χ0) is 10.1. The van der Waals surface area contributed by atoms with Crippen molar-refractivity contribution < 1.29 is 40.8 Å². The minimum Gasteiger partial charge on any atom is -0.410 e. The van der Waals surface area contributed by atoms with E-state index >= 15 is 0 Å². The van der Waals surface area contributed by atoms with Crippen LogP contribution < -0.4 is 11.1 Å². The molecule has 7 heteroatoms. The fourth-order valence-corrected chi connectivity index (χ4v) is 0.914. The minimum absolute atomic E-state index is 0. The number of anilines is 1. The Kier molecular flexibility index (Phi) is 7.55. The Labute approximate surface area is 117 Å². The van der Waals surface area contributed by atoms with Crippen LogP contribution in [0.1, 0.15) is 19.5 Å². The van der Waals surface area contributed by atoms with Gasteiger partial charge in [0.15, 0.2) is 0 Å². The summed E-state index contributed by atoms with van der Waals surface area (Å²) < 4.78 is 0. The van der Waals surface area contributed by atoms with Gasteiger partial charge in [0, 0.05) is 52.3 Å². The molecule has 0 saturated heterocycles. The zero-order valence-electron chi connectivity index (χ0n) is 8.81. The number of hydrogen-bond donors (Lipinski definition) is 2. The van der Waals surface area contributed by atoms with Gasteiger partial charge in [-0.25, -0.2) is 0 Å². The second-order valence-corrected chi connectivity index (χ2v) is 3.38. The van der Waals surface area contributed by atoms with Gasteiger partial charge in [-0.1, -0.05) is 0 Å². The van der Waals surface area contributed by atoms with E-state index in [0.29, 0.717) is 5.82 Å². The van der Waals surface area contributed by atoms with E-state index in [4.69, 9.17) is 11.5 Å². The van der Waals surface area contributed by atoms with Crippen molar-refractivity contribution >= 4 is 11.8 Å². The van der Waals surface area contributed by atoms with Crippen LogP contribution >= 0.6 is 0 Å². The standard InChI is InChI=1S/C8H14N5.2Re/c1-8(2,11-3)5-4-6(9)13-7(10)12-5;;/h4,11H,1-3H3,(H3-,9,10,12,13);;/q-1;;. The van der Waals surface area contributed by atoms with E-state index in [1.165, 1.54) is 0 Å². The fraction of sp³-hybridized carbons (Fsp3) is 0.500. The van der Waals surface area contributed by atoms with Gasteiger partial charge in [0.05, 0.1) is 5.82 Å². The predicted molar refractivity (Wildman–Crippen MR) is 52.5 cm³/mol. The van der Waals surface area contributed by atoms with Crippen LogP contribution in [0.5, 0.6) is 0 Å². The molecule has 0 unspecified atom stereocenters. The third kappa shape index (κ3) is 4.55. The van der Waals surface area contributed by atoms with Crippen LogP contribution in [0.3, 0.4) is 0 Å². The first-order valence-electron chi connectivity index (χ1n) is 4.01. The maximum Gasteiger partial charge on any atom is 0.0528 e. The van der Waals surface area contributed by atoms with E-state index < -0.39 is 0 Å². The molecular weight excluding hydrogens is 539 g/mol. The van der Waals surface area contributed by atoms with Crippen molar-refractivity contribution in [1.29, 1.82) is 0 Å². The Morgan fingerprint density at radius 1 is 1.33 bits per heavy atom. The van der Waals surface area contributed by atoms with Crippen LogP contribution in [0.2, 0.25) is 0 Å². The molecule has 0 spiro atoms. The van der Waals surface area contributed by atoms with Gasteiger partial charge in [0.1, 0.15) is 0 Å². The molecule has 1 heterocycles. The maximum absolute atomic E-state index is 7.30. The average molecular weight is 553 g/mol. The summed E-state index contributed by atoms with van der Waals surface area (Å²) >= 11 is 0. The van der Waals surface area contributed by atoms with Crippen molar-refractivity contribution in [2.24, 2.45) is 0 Å². The van der Waals surface area contributed by atoms with Crippen LogP contribution in [-0.4, -0.2) is 17.0 Å². The summed E-state index contributed by atoms with van der Waals surface area (Å²) in [5, 5.41) is 3.08.